The van der Waals surface area contributed by atoms with Gasteiger partial charge in [0, 0.05) is 35.0 Å². The Hall–Kier alpha value is -3.00. The quantitative estimate of drug-likeness (QED) is 0.0850. The van der Waals surface area contributed by atoms with Crippen molar-refractivity contribution in [3.05, 3.63) is 71.8 Å². The van der Waals surface area contributed by atoms with Gasteiger partial charge in [0.15, 0.2) is 11.4 Å². The fourth-order valence-electron chi connectivity index (χ4n) is 2.65. The molecular formula is C23H20F6N2O4S2. The van der Waals surface area contributed by atoms with Crippen molar-refractivity contribution >= 4 is 47.3 Å². The predicted molar refractivity (Wildman–Crippen MR) is 129 cm³/mol. The van der Waals surface area contributed by atoms with Gasteiger partial charge < -0.3 is 9.47 Å². The van der Waals surface area contributed by atoms with Gasteiger partial charge in [0.25, 0.3) is 4.08 Å². The number of carbonyl (C=O) groups is 2. The number of ether oxygens (including phenoxy) is 2. The summed E-state index contributed by atoms with van der Waals surface area (Å²) < 4.78 is 96.4. The normalized spacial score (nSPS) is 13.3. The molecule has 0 aliphatic rings. The highest BCUT2D eigenvalue weighted by molar-refractivity contribution is 8.19. The van der Waals surface area contributed by atoms with Crippen LogP contribution in [0.2, 0.25) is 0 Å². The Balaban J connectivity index is 2.71. The Labute approximate surface area is 216 Å². The van der Waals surface area contributed by atoms with Crippen LogP contribution in [-0.4, -0.2) is 53.0 Å². The lowest BCUT2D eigenvalue weighted by molar-refractivity contribution is -0.154. The van der Waals surface area contributed by atoms with Gasteiger partial charge in [-0.25, -0.2) is 18.4 Å². The maximum atomic E-state index is 13.8. The molecule has 2 aromatic rings. The largest absolute Gasteiger partial charge is 0.464 e. The minimum Gasteiger partial charge on any atom is -0.464 e. The second kappa shape index (κ2) is 13.0. The van der Waals surface area contributed by atoms with Crippen LogP contribution in [0.25, 0.3) is 0 Å². The minimum atomic E-state index is -5.04. The molecule has 2 aromatic carbocycles. The van der Waals surface area contributed by atoms with Crippen molar-refractivity contribution in [3.8, 4) is 0 Å². The average Bonchev–Trinajstić information content (AvgIpc) is 2.83. The number of alkyl halides is 6. The third-order valence-electron chi connectivity index (χ3n) is 4.25. The maximum absolute atomic E-state index is 13.8. The van der Waals surface area contributed by atoms with Crippen LogP contribution >= 0.6 is 23.9 Å². The van der Waals surface area contributed by atoms with Crippen molar-refractivity contribution in [1.82, 2.24) is 0 Å². The van der Waals surface area contributed by atoms with Gasteiger partial charge in [-0.05, 0) is 13.8 Å². The minimum absolute atomic E-state index is 0.250. The van der Waals surface area contributed by atoms with E-state index in [9.17, 15) is 35.9 Å². The van der Waals surface area contributed by atoms with E-state index in [0.717, 1.165) is 24.3 Å². The summed E-state index contributed by atoms with van der Waals surface area (Å²) in [5.74, 6) is -2.97. The first-order chi connectivity index (χ1) is 17.4. The van der Waals surface area contributed by atoms with E-state index in [2.05, 4.69) is 8.80 Å². The van der Waals surface area contributed by atoms with Crippen molar-refractivity contribution < 1.29 is 45.4 Å². The van der Waals surface area contributed by atoms with Gasteiger partial charge in [-0.15, -0.1) is 0 Å². The fourth-order valence-corrected chi connectivity index (χ4v) is 4.40. The number of hydrogen-bond donors (Lipinski definition) is 0. The smallest absolute Gasteiger partial charge is 0.434 e. The van der Waals surface area contributed by atoms with Crippen molar-refractivity contribution in [2.24, 2.45) is 8.80 Å². The molecule has 2 rings (SSSR count). The molecule has 0 amide bonds. The number of carbonyl (C=O) groups excluding carboxylic acids is 2. The maximum Gasteiger partial charge on any atom is 0.434 e. The Bertz CT molecular complexity index is 1030. The molecule has 0 bridgehead atoms. The molecule has 37 heavy (non-hydrogen) atoms. The number of hydrogen-bond acceptors (Lipinski definition) is 8. The highest BCUT2D eigenvalue weighted by atomic mass is 32.2. The summed E-state index contributed by atoms with van der Waals surface area (Å²) in [5, 5.41) is 0. The van der Waals surface area contributed by atoms with Crippen molar-refractivity contribution in [1.29, 1.82) is 0 Å². The Kier molecular flexibility index (Phi) is 10.6. The van der Waals surface area contributed by atoms with Gasteiger partial charge in [0.1, 0.15) is 0 Å². The van der Waals surface area contributed by atoms with Crippen LogP contribution < -0.4 is 0 Å². The van der Waals surface area contributed by atoms with Crippen LogP contribution in [0.15, 0.2) is 69.5 Å². The van der Waals surface area contributed by atoms with Gasteiger partial charge in [0.05, 0.1) is 13.2 Å². The fraction of sp³-hybridized carbons (Fsp3) is 0.304. The zero-order chi connectivity index (χ0) is 27.7. The molecule has 0 radical (unpaired) electrons. The van der Waals surface area contributed by atoms with E-state index in [1.54, 1.807) is 0 Å². The summed E-state index contributed by atoms with van der Waals surface area (Å²) >= 11 is -0.500. The second-order valence-electron chi connectivity index (χ2n) is 6.85. The Morgan fingerprint density at radius 2 is 1.00 bits per heavy atom. The molecule has 0 fully saturated rings. The molecule has 0 N–H and O–H groups in total. The lowest BCUT2D eigenvalue weighted by atomic mass is 10.1. The van der Waals surface area contributed by atoms with Crippen LogP contribution in [0.3, 0.4) is 0 Å². The molecule has 0 heterocycles. The Morgan fingerprint density at radius 1 is 0.676 bits per heavy atom. The number of halogens is 6. The summed E-state index contributed by atoms with van der Waals surface area (Å²) in [7, 11) is 0. The summed E-state index contributed by atoms with van der Waals surface area (Å²) in [4.78, 5) is 25.8. The standard InChI is InChI=1S/C23H20F6N2O4S2/c1-3-34-19(32)21(20(33)35-4-2,36-30-17(22(24,25)26)15-11-7-5-8-12-15)37-31-18(23(27,28)29)16-13-9-6-10-14-16/h5-14H,3-4H2,1-2H3. The third kappa shape index (κ3) is 7.99. The molecule has 0 aliphatic carbocycles. The SMILES string of the molecule is CCOC(=O)C(SN=C(c1ccccc1)C(F)(F)F)(SN=C(c1ccccc1)C(F)(F)F)C(=O)OCC. The van der Waals surface area contributed by atoms with Gasteiger partial charge in [-0.1, -0.05) is 60.7 Å². The zero-order valence-electron chi connectivity index (χ0n) is 19.3. The van der Waals surface area contributed by atoms with Crippen molar-refractivity contribution in [3.63, 3.8) is 0 Å². The molecule has 0 aromatic heterocycles. The lowest BCUT2D eigenvalue weighted by Gasteiger charge is -2.25. The monoisotopic (exact) mass is 566 g/mol. The van der Waals surface area contributed by atoms with Crippen molar-refractivity contribution in [2.45, 2.75) is 30.3 Å². The first-order valence-corrected chi connectivity index (χ1v) is 12.0. The highest BCUT2D eigenvalue weighted by Crippen LogP contribution is 2.44. The van der Waals surface area contributed by atoms with E-state index in [4.69, 9.17) is 9.47 Å². The number of esters is 2. The highest BCUT2D eigenvalue weighted by Gasteiger charge is 2.54. The van der Waals surface area contributed by atoms with Gasteiger partial charge in [-0.2, -0.15) is 26.3 Å². The topological polar surface area (TPSA) is 77.3 Å². The van der Waals surface area contributed by atoms with Crippen LogP contribution in [-0.2, 0) is 19.1 Å². The van der Waals surface area contributed by atoms with E-state index < -0.39 is 50.9 Å². The third-order valence-corrected chi connectivity index (χ3v) is 6.43. The van der Waals surface area contributed by atoms with Crippen molar-refractivity contribution in [2.75, 3.05) is 13.2 Å². The van der Waals surface area contributed by atoms with Crippen LogP contribution in [0, 0.1) is 0 Å². The van der Waals surface area contributed by atoms with Crippen LogP contribution in [0.5, 0.6) is 0 Å². The zero-order valence-corrected chi connectivity index (χ0v) is 20.9. The molecule has 14 heteroatoms. The number of rotatable bonds is 10. The predicted octanol–water partition coefficient (Wildman–Crippen LogP) is 6.21. The summed E-state index contributed by atoms with van der Waals surface area (Å²) in [6, 6.07) is 12.5. The lowest BCUT2D eigenvalue weighted by Crippen LogP contribution is -2.43. The van der Waals surface area contributed by atoms with Gasteiger partial charge in [0.2, 0.25) is 0 Å². The molecular weight excluding hydrogens is 546 g/mol. The molecule has 6 nitrogen and oxygen atoms in total. The van der Waals surface area contributed by atoms with Gasteiger partial charge in [-0.3, -0.25) is 0 Å². The van der Waals surface area contributed by atoms with Crippen LogP contribution in [0.4, 0.5) is 26.3 Å². The molecule has 0 atom stereocenters. The molecule has 0 unspecified atom stereocenters. The van der Waals surface area contributed by atoms with E-state index in [-0.39, 0.29) is 37.1 Å². The average molecular weight is 567 g/mol. The van der Waals surface area contributed by atoms with Crippen LogP contribution in [0.1, 0.15) is 25.0 Å². The second-order valence-corrected chi connectivity index (χ2v) is 9.06. The van der Waals surface area contributed by atoms with Gasteiger partial charge >= 0.3 is 24.3 Å². The Morgan fingerprint density at radius 3 is 1.27 bits per heavy atom. The van der Waals surface area contributed by atoms with E-state index in [1.165, 1.54) is 50.2 Å². The number of benzene rings is 2. The first kappa shape index (κ1) is 30.2. The summed E-state index contributed by atoms with van der Waals surface area (Å²) in [5.41, 5.74) is -3.78. The molecule has 0 aliphatic heterocycles. The van der Waals surface area contributed by atoms with E-state index in [1.807, 2.05) is 0 Å². The summed E-state index contributed by atoms with van der Waals surface area (Å²) in [6.45, 7) is 1.99. The molecule has 200 valence electrons. The summed E-state index contributed by atoms with van der Waals surface area (Å²) in [6.07, 6.45) is -10.1. The van der Waals surface area contributed by atoms with E-state index >= 15 is 0 Å². The first-order valence-electron chi connectivity index (χ1n) is 10.5. The van der Waals surface area contributed by atoms with E-state index in [0.29, 0.717) is 0 Å². The molecule has 0 spiro atoms. The molecule has 0 saturated heterocycles. The number of nitrogens with zero attached hydrogens (tertiary/aromatic N) is 2. The molecule has 0 saturated carbocycles.